The van der Waals surface area contributed by atoms with E-state index in [1.165, 1.54) is 29.3 Å². The summed E-state index contributed by atoms with van der Waals surface area (Å²) in [5.41, 5.74) is 0.808. The van der Waals surface area contributed by atoms with Crippen LogP contribution in [0.4, 0.5) is 10.1 Å². The van der Waals surface area contributed by atoms with Crippen molar-refractivity contribution in [3.05, 3.63) is 94.6 Å². The van der Waals surface area contributed by atoms with E-state index in [4.69, 9.17) is 4.42 Å². The molecule has 0 saturated carbocycles. The number of nitrogens with zero attached hydrogens (tertiary/aromatic N) is 3. The molecule has 0 radical (unpaired) electrons. The van der Waals surface area contributed by atoms with E-state index < -0.39 is 17.2 Å². The number of benzene rings is 2. The summed E-state index contributed by atoms with van der Waals surface area (Å²) in [5.74, 6) is -0.677. The van der Waals surface area contributed by atoms with Crippen molar-refractivity contribution in [1.82, 2.24) is 14.8 Å². The molecule has 7 nitrogen and oxygen atoms in total. The van der Waals surface area contributed by atoms with Crippen molar-refractivity contribution in [3.63, 3.8) is 0 Å². The Morgan fingerprint density at radius 2 is 1.97 bits per heavy atom. The highest BCUT2D eigenvalue weighted by molar-refractivity contribution is 6.03. The van der Waals surface area contributed by atoms with E-state index in [9.17, 15) is 14.0 Å². The molecule has 1 N–H and O–H groups in total. The standard InChI is InChI=1S/C21H15FN4O3/c1-13-9-18(27)20(25-26(13)17-8-3-2-7-16(17)22)21(28)24-15-6-4-5-14(10-15)19-11-23-12-29-19/h2-12H,1H3,(H,24,28). The summed E-state index contributed by atoms with van der Waals surface area (Å²) < 4.78 is 20.6. The van der Waals surface area contributed by atoms with Gasteiger partial charge in [0.05, 0.1) is 6.20 Å². The van der Waals surface area contributed by atoms with Crippen LogP contribution in [0, 0.1) is 12.7 Å². The fourth-order valence-corrected chi connectivity index (χ4v) is 2.87. The van der Waals surface area contributed by atoms with Crippen LogP contribution in [0.2, 0.25) is 0 Å². The van der Waals surface area contributed by atoms with Gasteiger partial charge in [0, 0.05) is 23.0 Å². The number of para-hydroxylation sites is 1. The number of oxazole rings is 1. The zero-order valence-electron chi connectivity index (χ0n) is 15.3. The molecule has 0 aliphatic carbocycles. The maximum atomic E-state index is 14.2. The predicted octanol–water partition coefficient (Wildman–Crippen LogP) is 3.59. The summed E-state index contributed by atoms with van der Waals surface area (Å²) in [5, 5.41) is 6.74. The van der Waals surface area contributed by atoms with E-state index in [0.29, 0.717) is 22.7 Å². The third kappa shape index (κ3) is 3.68. The third-order valence-electron chi connectivity index (χ3n) is 4.24. The lowest BCUT2D eigenvalue weighted by Crippen LogP contribution is -2.27. The van der Waals surface area contributed by atoms with E-state index in [0.717, 1.165) is 0 Å². The second-order valence-corrected chi connectivity index (χ2v) is 6.26. The van der Waals surface area contributed by atoms with Crippen molar-refractivity contribution in [2.24, 2.45) is 0 Å². The quantitative estimate of drug-likeness (QED) is 0.575. The summed E-state index contributed by atoms with van der Waals surface area (Å²) in [6.07, 6.45) is 2.86. The van der Waals surface area contributed by atoms with Gasteiger partial charge in [0.25, 0.3) is 5.91 Å². The molecular weight excluding hydrogens is 375 g/mol. The van der Waals surface area contributed by atoms with Gasteiger partial charge in [-0.3, -0.25) is 9.59 Å². The number of carbonyl (C=O) groups is 1. The first kappa shape index (κ1) is 18.3. The molecule has 0 atom stereocenters. The number of hydrogen-bond acceptors (Lipinski definition) is 5. The average molecular weight is 390 g/mol. The summed E-state index contributed by atoms with van der Waals surface area (Å²) in [7, 11) is 0. The van der Waals surface area contributed by atoms with Crippen LogP contribution >= 0.6 is 0 Å². The van der Waals surface area contributed by atoms with Crippen LogP contribution in [0.25, 0.3) is 17.0 Å². The smallest absolute Gasteiger partial charge is 0.280 e. The van der Waals surface area contributed by atoms with Gasteiger partial charge in [-0.05, 0) is 31.2 Å². The SMILES string of the molecule is Cc1cc(=O)c(C(=O)Nc2cccc(-c3cnco3)c2)nn1-c1ccccc1F. The zero-order valence-corrected chi connectivity index (χ0v) is 15.3. The minimum atomic E-state index is -0.699. The Hall–Kier alpha value is -4.07. The van der Waals surface area contributed by atoms with Crippen molar-refractivity contribution in [2.45, 2.75) is 6.92 Å². The molecule has 2 heterocycles. The largest absolute Gasteiger partial charge is 0.444 e. The number of nitrogens with one attached hydrogen (secondary N) is 1. The van der Waals surface area contributed by atoms with Gasteiger partial charge in [0.1, 0.15) is 11.5 Å². The summed E-state index contributed by atoms with van der Waals surface area (Å²) in [4.78, 5) is 28.9. The number of hydrogen-bond donors (Lipinski definition) is 1. The lowest BCUT2D eigenvalue weighted by molar-refractivity contribution is 0.101. The first-order chi connectivity index (χ1) is 14.0. The lowest BCUT2D eigenvalue weighted by Gasteiger charge is -2.12. The topological polar surface area (TPSA) is 90.0 Å². The molecular formula is C21H15FN4O3. The summed E-state index contributed by atoms with van der Waals surface area (Å²) >= 11 is 0. The van der Waals surface area contributed by atoms with Crippen LogP contribution < -0.4 is 10.7 Å². The van der Waals surface area contributed by atoms with E-state index in [1.54, 1.807) is 49.5 Å². The minimum absolute atomic E-state index is 0.145. The number of halogens is 1. The molecule has 0 spiro atoms. The fraction of sp³-hybridized carbons (Fsp3) is 0.0476. The van der Waals surface area contributed by atoms with E-state index in [2.05, 4.69) is 15.4 Å². The molecule has 2 aromatic heterocycles. The van der Waals surface area contributed by atoms with Crippen LogP contribution in [0.3, 0.4) is 0 Å². The van der Waals surface area contributed by atoms with Crippen LogP contribution in [0.1, 0.15) is 16.2 Å². The summed E-state index contributed by atoms with van der Waals surface area (Å²) in [6.45, 7) is 1.61. The zero-order chi connectivity index (χ0) is 20.4. The normalized spacial score (nSPS) is 10.7. The monoisotopic (exact) mass is 390 g/mol. The number of aryl methyl sites for hydroxylation is 1. The van der Waals surface area contributed by atoms with Crippen molar-refractivity contribution >= 4 is 11.6 Å². The number of carbonyl (C=O) groups excluding carboxylic acids is 1. The molecule has 0 bridgehead atoms. The second-order valence-electron chi connectivity index (χ2n) is 6.26. The highest BCUT2D eigenvalue weighted by Gasteiger charge is 2.17. The molecule has 0 aliphatic rings. The van der Waals surface area contributed by atoms with Crippen molar-refractivity contribution < 1.29 is 13.6 Å². The predicted molar refractivity (Wildman–Crippen MR) is 104 cm³/mol. The van der Waals surface area contributed by atoms with Crippen LogP contribution in [-0.2, 0) is 0 Å². The number of amides is 1. The molecule has 0 fully saturated rings. The molecule has 4 aromatic rings. The molecule has 2 aromatic carbocycles. The molecule has 0 aliphatic heterocycles. The van der Waals surface area contributed by atoms with Crippen molar-refractivity contribution in [2.75, 3.05) is 5.32 Å². The Labute approximate surface area is 164 Å². The molecule has 0 saturated heterocycles. The molecule has 8 heteroatoms. The Bertz CT molecular complexity index is 1250. The highest BCUT2D eigenvalue weighted by atomic mass is 19.1. The Kier molecular flexibility index (Phi) is 4.74. The maximum Gasteiger partial charge on any atom is 0.280 e. The Morgan fingerprint density at radius 1 is 1.14 bits per heavy atom. The molecule has 1 amide bonds. The Morgan fingerprint density at radius 3 is 2.72 bits per heavy atom. The first-order valence-electron chi connectivity index (χ1n) is 8.69. The molecule has 144 valence electrons. The number of anilines is 1. The number of aromatic nitrogens is 3. The molecule has 29 heavy (non-hydrogen) atoms. The molecule has 4 rings (SSSR count). The van der Waals surface area contributed by atoms with Crippen LogP contribution in [-0.4, -0.2) is 20.7 Å². The van der Waals surface area contributed by atoms with Gasteiger partial charge >= 0.3 is 0 Å². The van der Waals surface area contributed by atoms with Crippen molar-refractivity contribution in [1.29, 1.82) is 0 Å². The van der Waals surface area contributed by atoms with Crippen molar-refractivity contribution in [3.8, 4) is 17.0 Å². The van der Waals surface area contributed by atoms with E-state index >= 15 is 0 Å². The average Bonchev–Trinajstić information content (AvgIpc) is 3.24. The van der Waals surface area contributed by atoms with E-state index in [1.807, 2.05) is 0 Å². The van der Waals surface area contributed by atoms with Gasteiger partial charge in [-0.1, -0.05) is 24.3 Å². The lowest BCUT2D eigenvalue weighted by atomic mass is 10.1. The van der Waals surface area contributed by atoms with Crippen LogP contribution in [0.5, 0.6) is 0 Å². The molecule has 0 unspecified atom stereocenters. The fourth-order valence-electron chi connectivity index (χ4n) is 2.87. The van der Waals surface area contributed by atoms with Gasteiger partial charge in [-0.2, -0.15) is 5.10 Å². The van der Waals surface area contributed by atoms with Gasteiger partial charge < -0.3 is 9.73 Å². The van der Waals surface area contributed by atoms with Gasteiger partial charge in [-0.15, -0.1) is 0 Å². The van der Waals surface area contributed by atoms with Gasteiger partial charge in [0.15, 0.2) is 17.8 Å². The minimum Gasteiger partial charge on any atom is -0.444 e. The van der Waals surface area contributed by atoms with Gasteiger partial charge in [0.2, 0.25) is 5.43 Å². The van der Waals surface area contributed by atoms with E-state index in [-0.39, 0.29) is 11.4 Å². The maximum absolute atomic E-state index is 14.2. The highest BCUT2D eigenvalue weighted by Crippen LogP contribution is 2.22. The number of rotatable bonds is 4. The van der Waals surface area contributed by atoms with Gasteiger partial charge in [-0.25, -0.2) is 14.1 Å². The second kappa shape index (κ2) is 7.51. The Balaban J connectivity index is 1.68. The van der Waals surface area contributed by atoms with Crippen LogP contribution in [0.15, 0.2) is 76.4 Å². The first-order valence-corrected chi connectivity index (χ1v) is 8.69. The third-order valence-corrected chi connectivity index (χ3v) is 4.24. The summed E-state index contributed by atoms with van der Waals surface area (Å²) in [6, 6.07) is 14.1.